The van der Waals surface area contributed by atoms with Crippen LogP contribution >= 0.6 is 11.6 Å². The van der Waals surface area contributed by atoms with Crippen LogP contribution in [0.5, 0.6) is 0 Å². The van der Waals surface area contributed by atoms with E-state index in [2.05, 4.69) is 4.98 Å². The van der Waals surface area contributed by atoms with Crippen LogP contribution < -0.4 is 0 Å². The van der Waals surface area contributed by atoms with Gasteiger partial charge in [0.1, 0.15) is 18.2 Å². The SMILES string of the molecule is Cc1nc2cc(C(=O)N(CC(=O)O)Cc3ccc(F)cc3Cl)ccc2n1-c1ccccc1. The molecule has 3 aromatic carbocycles. The number of rotatable bonds is 6. The minimum Gasteiger partial charge on any atom is -0.480 e. The Morgan fingerprint density at radius 3 is 2.53 bits per heavy atom. The summed E-state index contributed by atoms with van der Waals surface area (Å²) in [6.45, 7) is 1.28. The Balaban J connectivity index is 1.69. The third-order valence-corrected chi connectivity index (χ3v) is 5.43. The van der Waals surface area contributed by atoms with Crippen molar-refractivity contribution < 1.29 is 19.1 Å². The number of hydrogen-bond donors (Lipinski definition) is 1. The van der Waals surface area contributed by atoms with Crippen molar-refractivity contribution in [2.75, 3.05) is 6.54 Å². The van der Waals surface area contributed by atoms with E-state index in [0.717, 1.165) is 28.0 Å². The minimum absolute atomic E-state index is 0.0697. The fourth-order valence-electron chi connectivity index (χ4n) is 3.64. The predicted octanol–water partition coefficient (Wildman–Crippen LogP) is 4.85. The van der Waals surface area contributed by atoms with Gasteiger partial charge in [0, 0.05) is 22.8 Å². The highest BCUT2D eigenvalue weighted by atomic mass is 35.5. The molecular weight excluding hydrogens is 433 g/mol. The molecule has 0 bridgehead atoms. The number of para-hydroxylation sites is 1. The van der Waals surface area contributed by atoms with Crippen LogP contribution in [0.15, 0.2) is 66.7 Å². The number of carboxylic acids is 1. The lowest BCUT2D eigenvalue weighted by Gasteiger charge is -2.21. The Labute approximate surface area is 188 Å². The number of carbonyl (C=O) groups excluding carboxylic acids is 1. The molecule has 0 aliphatic carbocycles. The summed E-state index contributed by atoms with van der Waals surface area (Å²) in [5, 5.41) is 9.43. The fraction of sp³-hybridized carbons (Fsp3) is 0.125. The molecule has 1 aromatic heterocycles. The summed E-state index contributed by atoms with van der Waals surface area (Å²) in [4.78, 5) is 30.3. The number of aryl methyl sites for hydroxylation is 1. The van der Waals surface area contributed by atoms with Crippen molar-refractivity contribution in [3.63, 3.8) is 0 Å². The van der Waals surface area contributed by atoms with Crippen molar-refractivity contribution in [1.82, 2.24) is 14.5 Å². The second-order valence-corrected chi connectivity index (χ2v) is 7.73. The molecule has 0 fully saturated rings. The normalized spacial score (nSPS) is 11.0. The smallest absolute Gasteiger partial charge is 0.323 e. The first-order valence-corrected chi connectivity index (χ1v) is 10.2. The molecule has 0 aliphatic heterocycles. The van der Waals surface area contributed by atoms with E-state index >= 15 is 0 Å². The van der Waals surface area contributed by atoms with Crippen LogP contribution in [0, 0.1) is 12.7 Å². The molecular formula is C24H19ClFN3O3. The molecule has 6 nitrogen and oxygen atoms in total. The van der Waals surface area contributed by atoms with Crippen molar-refractivity contribution in [2.24, 2.45) is 0 Å². The lowest BCUT2D eigenvalue weighted by atomic mass is 10.1. The van der Waals surface area contributed by atoms with Crippen molar-refractivity contribution in [2.45, 2.75) is 13.5 Å². The van der Waals surface area contributed by atoms with Gasteiger partial charge in [0.2, 0.25) is 0 Å². The van der Waals surface area contributed by atoms with Gasteiger partial charge in [0.25, 0.3) is 5.91 Å². The van der Waals surface area contributed by atoms with Crippen LogP contribution in [0.25, 0.3) is 16.7 Å². The zero-order chi connectivity index (χ0) is 22.8. The third-order valence-electron chi connectivity index (χ3n) is 5.07. The summed E-state index contributed by atoms with van der Waals surface area (Å²) in [7, 11) is 0. The zero-order valence-electron chi connectivity index (χ0n) is 17.1. The molecule has 1 heterocycles. The number of hydrogen-bond acceptors (Lipinski definition) is 3. The summed E-state index contributed by atoms with van der Waals surface area (Å²) in [5.74, 6) is -1.40. The molecule has 0 unspecified atom stereocenters. The summed E-state index contributed by atoms with van der Waals surface area (Å²) >= 11 is 6.08. The molecule has 162 valence electrons. The van der Waals surface area contributed by atoms with Crippen LogP contribution in [-0.2, 0) is 11.3 Å². The average Bonchev–Trinajstić information content (AvgIpc) is 3.09. The van der Waals surface area contributed by atoms with Gasteiger partial charge in [-0.1, -0.05) is 35.9 Å². The van der Waals surface area contributed by atoms with E-state index in [1.54, 1.807) is 18.2 Å². The number of carboxylic acid groups (broad SMARTS) is 1. The standard InChI is InChI=1S/C24H19ClFN3O3/c1-15-27-21-11-16(8-10-22(21)29(15)19-5-3-2-4-6-19)24(32)28(14-23(30)31)13-17-7-9-18(26)12-20(17)25/h2-12H,13-14H2,1H3,(H,30,31). The Morgan fingerprint density at radius 2 is 1.84 bits per heavy atom. The van der Waals surface area contributed by atoms with E-state index in [1.165, 1.54) is 12.1 Å². The maximum atomic E-state index is 13.4. The maximum Gasteiger partial charge on any atom is 0.323 e. The lowest BCUT2D eigenvalue weighted by molar-refractivity contribution is -0.137. The van der Waals surface area contributed by atoms with Crippen LogP contribution in [-0.4, -0.2) is 38.0 Å². The Morgan fingerprint density at radius 1 is 1.09 bits per heavy atom. The van der Waals surface area contributed by atoms with Crippen molar-refractivity contribution in [3.8, 4) is 5.69 Å². The van der Waals surface area contributed by atoms with E-state index in [1.807, 2.05) is 41.8 Å². The zero-order valence-corrected chi connectivity index (χ0v) is 17.9. The lowest BCUT2D eigenvalue weighted by Crippen LogP contribution is -2.35. The number of imidazole rings is 1. The van der Waals surface area contributed by atoms with E-state index < -0.39 is 24.2 Å². The van der Waals surface area contributed by atoms with Gasteiger partial charge >= 0.3 is 5.97 Å². The number of aromatic nitrogens is 2. The summed E-state index contributed by atoms with van der Waals surface area (Å²) in [6, 6.07) is 18.6. The number of halogens is 2. The van der Waals surface area contributed by atoms with Gasteiger partial charge in [-0.25, -0.2) is 9.37 Å². The Bertz CT molecular complexity index is 1320. The van der Waals surface area contributed by atoms with Crippen LogP contribution in [0.3, 0.4) is 0 Å². The molecule has 0 saturated carbocycles. The van der Waals surface area contributed by atoms with Crippen molar-refractivity contribution >= 4 is 34.5 Å². The number of amides is 1. The molecule has 0 aliphatic rings. The quantitative estimate of drug-likeness (QED) is 0.454. The number of aliphatic carboxylic acids is 1. The highest BCUT2D eigenvalue weighted by molar-refractivity contribution is 6.31. The first-order chi connectivity index (χ1) is 15.3. The van der Waals surface area contributed by atoms with Gasteiger partial charge in [-0.2, -0.15) is 0 Å². The van der Waals surface area contributed by atoms with E-state index in [9.17, 15) is 19.1 Å². The van der Waals surface area contributed by atoms with Crippen molar-refractivity contribution in [3.05, 3.63) is 94.5 Å². The molecule has 0 spiro atoms. The van der Waals surface area contributed by atoms with E-state index in [-0.39, 0.29) is 11.6 Å². The minimum atomic E-state index is -1.16. The molecule has 1 N–H and O–H groups in total. The largest absolute Gasteiger partial charge is 0.480 e. The summed E-state index contributed by atoms with van der Waals surface area (Å²) in [6.07, 6.45) is 0. The highest BCUT2D eigenvalue weighted by Crippen LogP contribution is 2.24. The van der Waals surface area contributed by atoms with Gasteiger partial charge in [-0.3, -0.25) is 14.2 Å². The van der Waals surface area contributed by atoms with E-state index in [4.69, 9.17) is 11.6 Å². The summed E-state index contributed by atoms with van der Waals surface area (Å²) in [5.41, 5.74) is 3.15. The van der Waals surface area contributed by atoms with Crippen molar-refractivity contribution in [1.29, 1.82) is 0 Å². The predicted molar refractivity (Wildman–Crippen MR) is 120 cm³/mol. The van der Waals surface area contributed by atoms with E-state index in [0.29, 0.717) is 16.6 Å². The maximum absolute atomic E-state index is 13.4. The average molecular weight is 452 g/mol. The molecule has 0 atom stereocenters. The summed E-state index contributed by atoms with van der Waals surface area (Å²) < 4.78 is 15.3. The van der Waals surface area contributed by atoms with Gasteiger partial charge in [0.15, 0.2) is 0 Å². The second kappa shape index (κ2) is 8.80. The number of carbonyl (C=O) groups is 2. The second-order valence-electron chi connectivity index (χ2n) is 7.32. The first-order valence-electron chi connectivity index (χ1n) is 9.83. The molecule has 4 aromatic rings. The molecule has 32 heavy (non-hydrogen) atoms. The Kier molecular flexibility index (Phi) is 5.92. The molecule has 0 saturated heterocycles. The molecule has 1 amide bonds. The van der Waals surface area contributed by atoms with Crippen LogP contribution in [0.4, 0.5) is 4.39 Å². The van der Waals surface area contributed by atoms with Gasteiger partial charge < -0.3 is 10.0 Å². The first kappa shape index (κ1) is 21.5. The topological polar surface area (TPSA) is 75.4 Å². The number of benzene rings is 3. The number of fused-ring (bicyclic) bond motifs is 1. The molecule has 4 rings (SSSR count). The molecule has 0 radical (unpaired) electrons. The Hall–Kier alpha value is -3.71. The van der Waals surface area contributed by atoms with Gasteiger partial charge in [-0.15, -0.1) is 0 Å². The van der Waals surface area contributed by atoms with Gasteiger partial charge in [0.05, 0.1) is 11.0 Å². The highest BCUT2D eigenvalue weighted by Gasteiger charge is 2.21. The van der Waals surface area contributed by atoms with Gasteiger partial charge in [-0.05, 0) is 55.0 Å². The van der Waals surface area contributed by atoms with Crippen LogP contribution in [0.2, 0.25) is 5.02 Å². The van der Waals surface area contributed by atoms with Crippen LogP contribution in [0.1, 0.15) is 21.7 Å². The molecule has 8 heteroatoms. The monoisotopic (exact) mass is 451 g/mol. The number of nitrogens with zero attached hydrogens (tertiary/aromatic N) is 3. The fourth-order valence-corrected chi connectivity index (χ4v) is 3.86. The third kappa shape index (κ3) is 4.33.